The molecule has 0 saturated carbocycles. The van der Waals surface area contributed by atoms with E-state index >= 15 is 0 Å². The monoisotopic (exact) mass is 291 g/mol. The molecule has 0 radical (unpaired) electrons. The summed E-state index contributed by atoms with van der Waals surface area (Å²) in [6.07, 6.45) is 3.34. The number of aryl methyl sites for hydroxylation is 2. The Morgan fingerprint density at radius 1 is 1.38 bits per heavy atom. The normalized spacial score (nSPS) is 10.9. The van der Waals surface area contributed by atoms with Gasteiger partial charge < -0.3 is 10.1 Å². The SMILES string of the molecule is CCOCn1cc(NC(=O)c2c(C)nn(CC)c2C)cn1. The van der Waals surface area contributed by atoms with Crippen molar-refractivity contribution in [3.8, 4) is 0 Å². The zero-order chi connectivity index (χ0) is 15.4. The van der Waals surface area contributed by atoms with Crippen LogP contribution >= 0.6 is 0 Å². The van der Waals surface area contributed by atoms with Crippen LogP contribution in [0.5, 0.6) is 0 Å². The third kappa shape index (κ3) is 3.30. The Labute approximate surface area is 123 Å². The highest BCUT2D eigenvalue weighted by molar-refractivity contribution is 6.05. The molecule has 21 heavy (non-hydrogen) atoms. The van der Waals surface area contributed by atoms with E-state index in [-0.39, 0.29) is 5.91 Å². The molecule has 1 amide bonds. The molecule has 0 atom stereocenters. The van der Waals surface area contributed by atoms with E-state index in [9.17, 15) is 4.79 Å². The smallest absolute Gasteiger partial charge is 0.259 e. The Kier molecular flexibility index (Phi) is 4.74. The van der Waals surface area contributed by atoms with Gasteiger partial charge in [0.1, 0.15) is 6.73 Å². The summed E-state index contributed by atoms with van der Waals surface area (Å²) in [4.78, 5) is 12.4. The Morgan fingerprint density at radius 3 is 2.76 bits per heavy atom. The maximum absolute atomic E-state index is 12.4. The number of carbonyl (C=O) groups is 1. The quantitative estimate of drug-likeness (QED) is 0.883. The number of nitrogens with zero attached hydrogens (tertiary/aromatic N) is 4. The number of rotatable bonds is 6. The summed E-state index contributed by atoms with van der Waals surface area (Å²) >= 11 is 0. The number of ether oxygens (including phenoxy) is 1. The van der Waals surface area contributed by atoms with Crippen molar-refractivity contribution >= 4 is 11.6 Å². The van der Waals surface area contributed by atoms with Crippen molar-refractivity contribution < 1.29 is 9.53 Å². The highest BCUT2D eigenvalue weighted by Gasteiger charge is 2.18. The summed E-state index contributed by atoms with van der Waals surface area (Å²) in [5.74, 6) is -0.166. The maximum atomic E-state index is 12.4. The van der Waals surface area contributed by atoms with Gasteiger partial charge in [0, 0.05) is 18.8 Å². The van der Waals surface area contributed by atoms with Crippen molar-refractivity contribution in [3.05, 3.63) is 29.3 Å². The second-order valence-electron chi connectivity index (χ2n) is 4.71. The summed E-state index contributed by atoms with van der Waals surface area (Å²) in [6.45, 7) is 9.39. The third-order valence-electron chi connectivity index (χ3n) is 3.23. The second kappa shape index (κ2) is 6.53. The van der Waals surface area contributed by atoms with Gasteiger partial charge in [-0.15, -0.1) is 0 Å². The van der Waals surface area contributed by atoms with E-state index in [0.717, 1.165) is 17.9 Å². The Hall–Kier alpha value is -2.15. The first kappa shape index (κ1) is 15.2. The highest BCUT2D eigenvalue weighted by atomic mass is 16.5. The molecule has 0 saturated heterocycles. The molecule has 2 heterocycles. The van der Waals surface area contributed by atoms with Crippen LogP contribution in [-0.4, -0.2) is 32.1 Å². The standard InChI is InChI=1S/C14H21N5O2/c1-5-19-11(4)13(10(3)17-19)14(20)16-12-7-15-18(8-12)9-21-6-2/h7-8H,5-6,9H2,1-4H3,(H,16,20). The van der Waals surface area contributed by atoms with Gasteiger partial charge in [0.2, 0.25) is 0 Å². The molecular weight excluding hydrogens is 270 g/mol. The van der Waals surface area contributed by atoms with Crippen molar-refractivity contribution in [1.82, 2.24) is 19.6 Å². The first-order chi connectivity index (χ1) is 10.1. The minimum atomic E-state index is -0.166. The fourth-order valence-corrected chi connectivity index (χ4v) is 2.21. The van der Waals surface area contributed by atoms with E-state index in [1.807, 2.05) is 32.4 Å². The van der Waals surface area contributed by atoms with Gasteiger partial charge in [-0.25, -0.2) is 4.68 Å². The van der Waals surface area contributed by atoms with Crippen LogP contribution in [0.2, 0.25) is 0 Å². The van der Waals surface area contributed by atoms with Gasteiger partial charge in [0.05, 0.1) is 29.3 Å². The van der Waals surface area contributed by atoms with E-state index in [0.29, 0.717) is 24.6 Å². The van der Waals surface area contributed by atoms with Gasteiger partial charge in [-0.3, -0.25) is 9.48 Å². The molecule has 1 N–H and O–H groups in total. The summed E-state index contributed by atoms with van der Waals surface area (Å²) in [5.41, 5.74) is 2.86. The molecule has 0 spiro atoms. The zero-order valence-electron chi connectivity index (χ0n) is 12.9. The van der Waals surface area contributed by atoms with E-state index < -0.39 is 0 Å². The summed E-state index contributed by atoms with van der Waals surface area (Å²) in [6, 6.07) is 0. The van der Waals surface area contributed by atoms with Gasteiger partial charge in [-0.1, -0.05) is 0 Å². The van der Waals surface area contributed by atoms with Crippen LogP contribution in [0, 0.1) is 13.8 Å². The van der Waals surface area contributed by atoms with E-state index in [4.69, 9.17) is 4.74 Å². The van der Waals surface area contributed by atoms with Crippen LogP contribution in [-0.2, 0) is 18.0 Å². The number of amides is 1. The molecule has 114 valence electrons. The lowest BCUT2D eigenvalue weighted by Crippen LogP contribution is -2.14. The second-order valence-corrected chi connectivity index (χ2v) is 4.71. The predicted molar refractivity (Wildman–Crippen MR) is 79.2 cm³/mol. The van der Waals surface area contributed by atoms with Gasteiger partial charge in [-0.2, -0.15) is 10.2 Å². The lowest BCUT2D eigenvalue weighted by molar-refractivity contribution is 0.0792. The molecule has 2 aromatic heterocycles. The van der Waals surface area contributed by atoms with Crippen LogP contribution < -0.4 is 5.32 Å². The lowest BCUT2D eigenvalue weighted by atomic mass is 10.2. The van der Waals surface area contributed by atoms with E-state index in [2.05, 4.69) is 15.5 Å². The molecule has 7 nitrogen and oxygen atoms in total. The number of hydrogen-bond acceptors (Lipinski definition) is 4. The van der Waals surface area contributed by atoms with Crippen LogP contribution in [0.3, 0.4) is 0 Å². The molecule has 0 fully saturated rings. The molecule has 0 aliphatic rings. The van der Waals surface area contributed by atoms with Crippen molar-refractivity contribution in [1.29, 1.82) is 0 Å². The average Bonchev–Trinajstić information content (AvgIpc) is 3.00. The molecule has 0 aromatic carbocycles. The van der Waals surface area contributed by atoms with Crippen molar-refractivity contribution in [3.63, 3.8) is 0 Å². The first-order valence-corrected chi connectivity index (χ1v) is 7.02. The van der Waals surface area contributed by atoms with Crippen LogP contribution in [0.25, 0.3) is 0 Å². The average molecular weight is 291 g/mol. The summed E-state index contributed by atoms with van der Waals surface area (Å²) in [7, 11) is 0. The Bertz CT molecular complexity index is 629. The van der Waals surface area contributed by atoms with E-state index in [1.165, 1.54) is 0 Å². The van der Waals surface area contributed by atoms with Crippen molar-refractivity contribution in [2.45, 2.75) is 41.0 Å². The van der Waals surface area contributed by atoms with Gasteiger partial charge in [0.15, 0.2) is 0 Å². The maximum Gasteiger partial charge on any atom is 0.259 e. The Balaban J connectivity index is 2.11. The molecule has 7 heteroatoms. The predicted octanol–water partition coefficient (Wildman–Crippen LogP) is 1.96. The minimum Gasteiger partial charge on any atom is -0.360 e. The molecular formula is C14H21N5O2. The number of hydrogen-bond donors (Lipinski definition) is 1. The van der Waals surface area contributed by atoms with Gasteiger partial charge in [0.25, 0.3) is 5.91 Å². The molecule has 0 aliphatic carbocycles. The first-order valence-electron chi connectivity index (χ1n) is 7.02. The number of carbonyl (C=O) groups excluding carboxylic acids is 1. The molecule has 2 rings (SSSR count). The lowest BCUT2D eigenvalue weighted by Gasteiger charge is -2.04. The molecule has 0 bridgehead atoms. The number of nitrogens with one attached hydrogen (secondary N) is 1. The fraction of sp³-hybridized carbons (Fsp3) is 0.500. The molecule has 0 aliphatic heterocycles. The topological polar surface area (TPSA) is 74.0 Å². The molecule has 0 unspecified atom stereocenters. The largest absolute Gasteiger partial charge is 0.360 e. The van der Waals surface area contributed by atoms with Crippen LogP contribution in [0.15, 0.2) is 12.4 Å². The molecule has 2 aromatic rings. The minimum absolute atomic E-state index is 0.166. The summed E-state index contributed by atoms with van der Waals surface area (Å²) < 4.78 is 8.71. The zero-order valence-corrected chi connectivity index (χ0v) is 12.9. The number of anilines is 1. The Morgan fingerprint density at radius 2 is 2.14 bits per heavy atom. The third-order valence-corrected chi connectivity index (χ3v) is 3.23. The van der Waals surface area contributed by atoms with Gasteiger partial charge in [-0.05, 0) is 27.7 Å². The van der Waals surface area contributed by atoms with Crippen molar-refractivity contribution in [2.75, 3.05) is 11.9 Å². The highest BCUT2D eigenvalue weighted by Crippen LogP contribution is 2.15. The number of aromatic nitrogens is 4. The van der Waals surface area contributed by atoms with Gasteiger partial charge >= 0.3 is 0 Å². The fourth-order valence-electron chi connectivity index (χ4n) is 2.21. The van der Waals surface area contributed by atoms with Crippen LogP contribution in [0.4, 0.5) is 5.69 Å². The van der Waals surface area contributed by atoms with Crippen molar-refractivity contribution in [2.24, 2.45) is 0 Å². The van der Waals surface area contributed by atoms with Crippen LogP contribution in [0.1, 0.15) is 35.6 Å². The van der Waals surface area contributed by atoms with E-state index in [1.54, 1.807) is 17.1 Å². The summed E-state index contributed by atoms with van der Waals surface area (Å²) in [5, 5.41) is 11.3.